The number of hydrogen-bond donors (Lipinski definition) is 0. The average Bonchev–Trinajstić information content (AvgIpc) is 2.90. The van der Waals surface area contributed by atoms with Crippen LogP contribution in [0, 0.1) is 17.8 Å². The molecule has 0 amide bonds. The van der Waals surface area contributed by atoms with Gasteiger partial charge >= 0.3 is 5.97 Å². The lowest BCUT2D eigenvalue weighted by Crippen LogP contribution is -2.25. The predicted octanol–water partition coefficient (Wildman–Crippen LogP) is 8.51. The quantitative estimate of drug-likeness (QED) is 0.196. The lowest BCUT2D eigenvalue weighted by Gasteiger charge is -2.28. The molecule has 1 heterocycles. The monoisotopic (exact) mass is 476 g/mol. The number of ether oxygens (including phenoxy) is 1. The fraction of sp³-hybridized carbons (Fsp3) is 0.645. The fourth-order valence-electron chi connectivity index (χ4n) is 6.13. The van der Waals surface area contributed by atoms with Crippen LogP contribution in [-0.4, -0.2) is 15.9 Å². The Morgan fingerprint density at radius 3 is 2.06 bits per heavy atom. The Labute approximate surface area is 212 Å². The van der Waals surface area contributed by atoms with Gasteiger partial charge in [-0.3, -0.25) is 4.79 Å². The number of carbonyl (C=O) groups excluding carboxylic acids is 1. The van der Waals surface area contributed by atoms with Crippen LogP contribution in [0.5, 0.6) is 5.75 Å². The molecule has 4 rings (SSSR count). The molecule has 0 bridgehead atoms. The van der Waals surface area contributed by atoms with Crippen LogP contribution >= 0.6 is 0 Å². The summed E-state index contributed by atoms with van der Waals surface area (Å²) < 4.78 is 5.72. The maximum Gasteiger partial charge on any atom is 0.314 e. The van der Waals surface area contributed by atoms with Crippen molar-refractivity contribution in [2.24, 2.45) is 17.8 Å². The smallest absolute Gasteiger partial charge is 0.314 e. The van der Waals surface area contributed by atoms with Gasteiger partial charge in [-0.05, 0) is 98.9 Å². The normalized spacial score (nSPS) is 24.7. The second-order valence-corrected chi connectivity index (χ2v) is 11.0. The fourth-order valence-corrected chi connectivity index (χ4v) is 6.13. The first-order valence-electron chi connectivity index (χ1n) is 14.3. The number of esters is 1. The van der Waals surface area contributed by atoms with Crippen molar-refractivity contribution < 1.29 is 9.53 Å². The van der Waals surface area contributed by atoms with Gasteiger partial charge in [-0.2, -0.15) is 0 Å². The van der Waals surface area contributed by atoms with E-state index >= 15 is 0 Å². The van der Waals surface area contributed by atoms with E-state index in [1.54, 1.807) is 0 Å². The Morgan fingerprint density at radius 2 is 1.43 bits per heavy atom. The number of benzene rings is 1. The van der Waals surface area contributed by atoms with Gasteiger partial charge in [-0.1, -0.05) is 52.4 Å². The summed E-state index contributed by atoms with van der Waals surface area (Å²) in [5.41, 5.74) is 2.23. The van der Waals surface area contributed by atoms with Gasteiger partial charge in [0.1, 0.15) is 5.75 Å². The third kappa shape index (κ3) is 7.38. The van der Waals surface area contributed by atoms with E-state index < -0.39 is 0 Å². The van der Waals surface area contributed by atoms with Crippen molar-refractivity contribution >= 4 is 5.97 Å². The third-order valence-electron chi connectivity index (χ3n) is 8.41. The standard InChI is InChI=1S/C31H44N2O2/c1-3-5-6-8-24-11-15-27(16-12-24)31(34)35-29-19-17-26(18-20-29)30-32-21-28(22-33-30)25-13-9-23(7-4-2)10-14-25/h17-25,27H,3-16H2,1-2H3/t23-,24-,25-,27-. The van der Waals surface area contributed by atoms with Crippen LogP contribution in [-0.2, 0) is 4.79 Å². The molecule has 0 unspecified atom stereocenters. The highest BCUT2D eigenvalue weighted by Gasteiger charge is 2.27. The molecule has 0 radical (unpaired) electrons. The highest BCUT2D eigenvalue weighted by molar-refractivity contribution is 5.75. The van der Waals surface area contributed by atoms with E-state index in [-0.39, 0.29) is 11.9 Å². The van der Waals surface area contributed by atoms with Crippen molar-refractivity contribution in [2.45, 2.75) is 110 Å². The molecule has 0 atom stereocenters. The number of nitrogens with zero attached hydrogens (tertiary/aromatic N) is 2. The topological polar surface area (TPSA) is 52.1 Å². The molecule has 0 saturated heterocycles. The first-order valence-corrected chi connectivity index (χ1v) is 14.3. The molecule has 2 saturated carbocycles. The molecule has 4 nitrogen and oxygen atoms in total. The molecule has 4 heteroatoms. The molecule has 2 aliphatic rings. The van der Waals surface area contributed by atoms with Gasteiger partial charge in [0.25, 0.3) is 0 Å². The molecule has 190 valence electrons. The van der Waals surface area contributed by atoms with E-state index in [2.05, 4.69) is 23.8 Å². The summed E-state index contributed by atoms with van der Waals surface area (Å²) in [6.45, 7) is 4.54. The van der Waals surface area contributed by atoms with E-state index in [0.29, 0.717) is 11.7 Å². The number of unbranched alkanes of at least 4 members (excludes halogenated alkanes) is 2. The second-order valence-electron chi connectivity index (χ2n) is 11.0. The zero-order valence-electron chi connectivity index (χ0n) is 21.9. The molecule has 1 aromatic carbocycles. The maximum atomic E-state index is 12.7. The first-order chi connectivity index (χ1) is 17.2. The summed E-state index contributed by atoms with van der Waals surface area (Å²) in [6.07, 6.45) is 21.4. The minimum absolute atomic E-state index is 0.0463. The van der Waals surface area contributed by atoms with E-state index in [1.807, 2.05) is 36.7 Å². The second kappa shape index (κ2) is 13.2. The van der Waals surface area contributed by atoms with E-state index in [4.69, 9.17) is 4.74 Å². The average molecular weight is 477 g/mol. The third-order valence-corrected chi connectivity index (χ3v) is 8.41. The van der Waals surface area contributed by atoms with Crippen molar-refractivity contribution in [1.82, 2.24) is 9.97 Å². The van der Waals surface area contributed by atoms with Crippen molar-refractivity contribution in [1.29, 1.82) is 0 Å². The van der Waals surface area contributed by atoms with Crippen LogP contribution < -0.4 is 4.74 Å². The van der Waals surface area contributed by atoms with Crippen LogP contribution in [0.2, 0.25) is 0 Å². The number of carbonyl (C=O) groups is 1. The Balaban J connectivity index is 1.25. The summed E-state index contributed by atoms with van der Waals surface area (Å²) in [4.78, 5) is 22.0. The highest BCUT2D eigenvalue weighted by Crippen LogP contribution is 2.37. The van der Waals surface area contributed by atoms with Crippen LogP contribution in [0.4, 0.5) is 0 Å². The Hall–Kier alpha value is -2.23. The molecule has 2 aliphatic carbocycles. The molecule has 0 spiro atoms. The van der Waals surface area contributed by atoms with Crippen LogP contribution in [0.25, 0.3) is 11.4 Å². The SMILES string of the molecule is CCCCC[C@H]1CC[C@H](C(=O)Oc2ccc(-c3ncc([C@H]4CC[C@H](CCC)CC4)cn3)cc2)CC1. The first kappa shape index (κ1) is 25.9. The zero-order valence-corrected chi connectivity index (χ0v) is 21.9. The maximum absolute atomic E-state index is 12.7. The summed E-state index contributed by atoms with van der Waals surface area (Å²) in [5.74, 6) is 3.63. The van der Waals surface area contributed by atoms with Crippen molar-refractivity contribution in [3.8, 4) is 17.1 Å². The van der Waals surface area contributed by atoms with Gasteiger partial charge < -0.3 is 4.74 Å². The Kier molecular flexibility index (Phi) is 9.74. The van der Waals surface area contributed by atoms with Crippen LogP contribution in [0.1, 0.15) is 115 Å². The molecule has 1 aromatic heterocycles. The van der Waals surface area contributed by atoms with Gasteiger partial charge in [-0.25, -0.2) is 9.97 Å². The molecular formula is C31H44N2O2. The van der Waals surface area contributed by atoms with Gasteiger partial charge in [0.15, 0.2) is 5.82 Å². The van der Waals surface area contributed by atoms with E-state index in [9.17, 15) is 4.79 Å². The summed E-state index contributed by atoms with van der Waals surface area (Å²) in [5, 5.41) is 0. The number of aromatic nitrogens is 2. The molecule has 35 heavy (non-hydrogen) atoms. The molecular weight excluding hydrogens is 432 g/mol. The molecule has 0 N–H and O–H groups in total. The van der Waals surface area contributed by atoms with Crippen molar-refractivity contribution in [3.05, 3.63) is 42.2 Å². The predicted molar refractivity (Wildman–Crippen MR) is 142 cm³/mol. The van der Waals surface area contributed by atoms with Crippen LogP contribution in [0.3, 0.4) is 0 Å². The van der Waals surface area contributed by atoms with Crippen molar-refractivity contribution in [3.63, 3.8) is 0 Å². The lowest BCUT2D eigenvalue weighted by molar-refractivity contribution is -0.140. The summed E-state index contributed by atoms with van der Waals surface area (Å²) >= 11 is 0. The molecule has 2 aromatic rings. The van der Waals surface area contributed by atoms with E-state index in [1.165, 1.54) is 69.8 Å². The van der Waals surface area contributed by atoms with Crippen molar-refractivity contribution in [2.75, 3.05) is 0 Å². The number of rotatable bonds is 10. The zero-order chi connectivity index (χ0) is 24.5. The van der Waals surface area contributed by atoms with Gasteiger partial charge in [0.05, 0.1) is 5.92 Å². The highest BCUT2D eigenvalue weighted by atomic mass is 16.5. The van der Waals surface area contributed by atoms with Gasteiger partial charge in [0.2, 0.25) is 0 Å². The largest absolute Gasteiger partial charge is 0.426 e. The van der Waals surface area contributed by atoms with Crippen LogP contribution in [0.15, 0.2) is 36.7 Å². The Morgan fingerprint density at radius 1 is 0.800 bits per heavy atom. The lowest BCUT2D eigenvalue weighted by atomic mass is 9.78. The number of hydrogen-bond acceptors (Lipinski definition) is 4. The Bertz CT molecular complexity index is 893. The minimum Gasteiger partial charge on any atom is -0.426 e. The van der Waals surface area contributed by atoms with Gasteiger partial charge in [-0.15, -0.1) is 0 Å². The van der Waals surface area contributed by atoms with E-state index in [0.717, 1.165) is 48.9 Å². The molecule has 0 aliphatic heterocycles. The molecule has 2 fully saturated rings. The summed E-state index contributed by atoms with van der Waals surface area (Å²) in [7, 11) is 0. The van der Waals surface area contributed by atoms with Gasteiger partial charge in [0, 0.05) is 18.0 Å². The summed E-state index contributed by atoms with van der Waals surface area (Å²) in [6, 6.07) is 7.65. The minimum atomic E-state index is -0.0704.